The highest BCUT2D eigenvalue weighted by atomic mass is 32.2. The van der Waals surface area contributed by atoms with Gasteiger partial charge in [0.05, 0.1) is 10.6 Å². The van der Waals surface area contributed by atoms with Gasteiger partial charge in [0.15, 0.2) is 0 Å². The number of hydrogen-bond acceptors (Lipinski definition) is 10. The van der Waals surface area contributed by atoms with Crippen LogP contribution in [0.2, 0.25) is 0 Å². The van der Waals surface area contributed by atoms with Crippen molar-refractivity contribution < 1.29 is 35.1 Å². The molecule has 2 aromatic carbocycles. The largest absolute Gasteiger partial charge is 0.326 e. The van der Waals surface area contributed by atoms with E-state index in [0.29, 0.717) is 0 Å². The normalized spacial score (nSPS) is 11.6. The summed E-state index contributed by atoms with van der Waals surface area (Å²) >= 11 is 0. The van der Waals surface area contributed by atoms with Crippen molar-refractivity contribution >= 4 is 55.1 Å². The van der Waals surface area contributed by atoms with E-state index in [1.54, 1.807) is 0 Å². The summed E-state index contributed by atoms with van der Waals surface area (Å²) in [5.41, 5.74) is -0.0473. The summed E-state index contributed by atoms with van der Waals surface area (Å²) in [7, 11) is -9.22. The van der Waals surface area contributed by atoms with Gasteiger partial charge in [0, 0.05) is 18.3 Å². The molecule has 0 radical (unpaired) electrons. The molecule has 16 heteroatoms. The summed E-state index contributed by atoms with van der Waals surface area (Å²) in [6.07, 6.45) is -1.28. The number of benzene rings is 2. The van der Waals surface area contributed by atoms with E-state index in [-0.39, 0.29) is 17.1 Å². The fraction of sp³-hybridized carbons (Fsp3) is 0.0588. The standard InChI is InChI=1S/C17H15FN6O7S2/c1-9(25)19-11-5-6-14(33(29,30)31)13(8-11)21-17-23-15(18)22-16(24-17)20-10-3-2-4-12(7-10)32(26,27)28/h2-8H,1H3,(H,19,25)(H,26,27,28)(H,29,30,31)(H2,20,21,22,23,24). The molecule has 0 aliphatic carbocycles. The first kappa shape index (κ1) is 23.9. The van der Waals surface area contributed by atoms with Crippen molar-refractivity contribution in [3.05, 3.63) is 48.5 Å². The lowest BCUT2D eigenvalue weighted by atomic mass is 10.2. The van der Waals surface area contributed by atoms with Crippen LogP contribution in [0, 0.1) is 6.08 Å². The predicted octanol–water partition coefficient (Wildman–Crippen LogP) is 1.95. The highest BCUT2D eigenvalue weighted by Gasteiger charge is 2.18. The summed E-state index contributed by atoms with van der Waals surface area (Å²) in [6.45, 7) is 1.22. The number of aromatic nitrogens is 3. The molecule has 33 heavy (non-hydrogen) atoms. The first-order valence-corrected chi connectivity index (χ1v) is 11.6. The summed E-state index contributed by atoms with van der Waals surface area (Å²) in [5.74, 6) is -1.34. The molecule has 13 nitrogen and oxygen atoms in total. The van der Waals surface area contributed by atoms with Crippen molar-refractivity contribution in [2.45, 2.75) is 16.7 Å². The minimum Gasteiger partial charge on any atom is -0.326 e. The Bertz CT molecular complexity index is 1450. The monoisotopic (exact) mass is 498 g/mol. The van der Waals surface area contributed by atoms with Crippen LogP contribution in [0.15, 0.2) is 52.3 Å². The highest BCUT2D eigenvalue weighted by Crippen LogP contribution is 2.28. The van der Waals surface area contributed by atoms with Crippen LogP contribution in [0.1, 0.15) is 6.92 Å². The summed E-state index contributed by atoms with van der Waals surface area (Å²) in [6, 6.07) is 8.22. The molecule has 0 saturated carbocycles. The molecule has 0 bridgehead atoms. The third kappa shape index (κ3) is 6.39. The maximum atomic E-state index is 14.0. The number of anilines is 5. The van der Waals surface area contributed by atoms with E-state index < -0.39 is 53.9 Å². The van der Waals surface area contributed by atoms with E-state index in [2.05, 4.69) is 30.9 Å². The minimum absolute atomic E-state index is 0.0768. The van der Waals surface area contributed by atoms with Crippen molar-refractivity contribution in [2.24, 2.45) is 0 Å². The molecule has 5 N–H and O–H groups in total. The van der Waals surface area contributed by atoms with Gasteiger partial charge in [-0.1, -0.05) is 6.07 Å². The average Bonchev–Trinajstić information content (AvgIpc) is 2.66. The maximum absolute atomic E-state index is 14.0. The van der Waals surface area contributed by atoms with Crippen LogP contribution in [-0.2, 0) is 25.0 Å². The zero-order valence-electron chi connectivity index (χ0n) is 16.5. The Kier molecular flexibility index (Phi) is 6.54. The smallest absolute Gasteiger partial charge is 0.315 e. The van der Waals surface area contributed by atoms with Crippen molar-refractivity contribution in [2.75, 3.05) is 16.0 Å². The minimum atomic E-state index is -4.72. The molecule has 1 heterocycles. The SMILES string of the molecule is CC(=O)Nc1ccc(S(=O)(=O)O)c(Nc2nc(F)nc(Nc3cccc(S(=O)(=O)O)c3)n2)c1. The van der Waals surface area contributed by atoms with E-state index in [1.807, 2.05) is 0 Å². The average molecular weight is 498 g/mol. The molecule has 1 amide bonds. The van der Waals surface area contributed by atoms with Crippen molar-refractivity contribution in [3.63, 3.8) is 0 Å². The molecule has 1 aromatic heterocycles. The molecule has 0 aliphatic heterocycles. The molecule has 174 valence electrons. The van der Waals surface area contributed by atoms with Gasteiger partial charge in [-0.2, -0.15) is 36.2 Å². The van der Waals surface area contributed by atoms with Crippen LogP contribution >= 0.6 is 0 Å². The van der Waals surface area contributed by atoms with E-state index in [9.17, 15) is 30.6 Å². The van der Waals surface area contributed by atoms with Gasteiger partial charge in [-0.15, -0.1) is 0 Å². The first-order valence-electron chi connectivity index (χ1n) is 8.73. The van der Waals surface area contributed by atoms with Gasteiger partial charge in [0.2, 0.25) is 17.8 Å². The molecular formula is C17H15FN6O7S2. The van der Waals surface area contributed by atoms with Gasteiger partial charge in [-0.25, -0.2) is 0 Å². The van der Waals surface area contributed by atoms with Gasteiger partial charge in [0.25, 0.3) is 20.2 Å². The topological polar surface area (TPSA) is 201 Å². The summed E-state index contributed by atoms with van der Waals surface area (Å²) in [4.78, 5) is 20.9. The fourth-order valence-corrected chi connectivity index (χ4v) is 3.73. The number of nitrogens with zero attached hydrogens (tertiary/aromatic N) is 3. The molecule has 0 atom stereocenters. The van der Waals surface area contributed by atoms with Crippen LogP contribution in [0.3, 0.4) is 0 Å². The number of carbonyl (C=O) groups excluding carboxylic acids is 1. The predicted molar refractivity (Wildman–Crippen MR) is 113 cm³/mol. The van der Waals surface area contributed by atoms with Crippen LogP contribution in [0.25, 0.3) is 0 Å². The number of halogens is 1. The lowest BCUT2D eigenvalue weighted by molar-refractivity contribution is -0.114. The van der Waals surface area contributed by atoms with Gasteiger partial charge in [0.1, 0.15) is 4.90 Å². The molecule has 0 unspecified atom stereocenters. The van der Waals surface area contributed by atoms with Gasteiger partial charge in [-0.05, 0) is 36.4 Å². The van der Waals surface area contributed by atoms with Crippen LogP contribution in [0.4, 0.5) is 33.3 Å². The van der Waals surface area contributed by atoms with Crippen molar-refractivity contribution in [1.82, 2.24) is 15.0 Å². The van der Waals surface area contributed by atoms with Gasteiger partial charge >= 0.3 is 6.08 Å². The van der Waals surface area contributed by atoms with E-state index in [1.165, 1.54) is 25.1 Å². The second-order valence-electron chi connectivity index (χ2n) is 6.37. The van der Waals surface area contributed by atoms with Crippen molar-refractivity contribution in [3.8, 4) is 0 Å². The Hall–Kier alpha value is -3.73. The van der Waals surface area contributed by atoms with Crippen LogP contribution < -0.4 is 16.0 Å². The number of rotatable bonds is 7. The maximum Gasteiger partial charge on any atom is 0.315 e. The molecule has 0 saturated heterocycles. The molecule has 0 aliphatic rings. The van der Waals surface area contributed by atoms with Gasteiger partial charge < -0.3 is 16.0 Å². The van der Waals surface area contributed by atoms with Crippen LogP contribution in [-0.4, -0.2) is 46.8 Å². The lowest BCUT2D eigenvalue weighted by Gasteiger charge is -2.12. The Morgan fingerprint density at radius 2 is 1.55 bits per heavy atom. The Morgan fingerprint density at radius 1 is 0.879 bits per heavy atom. The third-order valence-electron chi connectivity index (χ3n) is 3.82. The second-order valence-corrected chi connectivity index (χ2v) is 9.18. The van der Waals surface area contributed by atoms with Gasteiger partial charge in [-0.3, -0.25) is 13.9 Å². The Morgan fingerprint density at radius 3 is 2.15 bits per heavy atom. The van der Waals surface area contributed by atoms with E-state index >= 15 is 0 Å². The van der Waals surface area contributed by atoms with E-state index in [0.717, 1.165) is 24.3 Å². The zero-order valence-corrected chi connectivity index (χ0v) is 18.1. The number of amides is 1. The molecule has 0 fully saturated rings. The van der Waals surface area contributed by atoms with E-state index in [4.69, 9.17) is 4.55 Å². The molecule has 3 rings (SSSR count). The quantitative estimate of drug-likeness (QED) is 0.297. The first-order chi connectivity index (χ1) is 15.3. The second kappa shape index (κ2) is 9.02. The number of hydrogen-bond donors (Lipinski definition) is 5. The molecule has 3 aromatic rings. The summed E-state index contributed by atoms with van der Waals surface area (Å²) < 4.78 is 78.5. The Labute approximate surface area is 186 Å². The van der Waals surface area contributed by atoms with Crippen molar-refractivity contribution in [1.29, 1.82) is 0 Å². The lowest BCUT2D eigenvalue weighted by Crippen LogP contribution is -2.10. The molecule has 0 spiro atoms. The Balaban J connectivity index is 1.97. The number of carbonyl (C=O) groups is 1. The highest BCUT2D eigenvalue weighted by molar-refractivity contribution is 7.86. The molecular weight excluding hydrogens is 483 g/mol. The van der Waals surface area contributed by atoms with Crippen LogP contribution in [0.5, 0.6) is 0 Å². The zero-order chi connectivity index (χ0) is 24.4. The summed E-state index contributed by atoms with van der Waals surface area (Å²) in [5, 5.41) is 7.37. The number of nitrogens with one attached hydrogen (secondary N) is 3. The third-order valence-corrected chi connectivity index (χ3v) is 5.58. The fourth-order valence-electron chi connectivity index (χ4n) is 2.58.